The summed E-state index contributed by atoms with van der Waals surface area (Å²) in [4.78, 5) is 9.31. The molecule has 0 radical (unpaired) electrons. The summed E-state index contributed by atoms with van der Waals surface area (Å²) < 4.78 is 0. The van der Waals surface area contributed by atoms with Crippen LogP contribution in [0.3, 0.4) is 0 Å². The highest BCUT2D eigenvalue weighted by Gasteiger charge is 2.22. The van der Waals surface area contributed by atoms with Crippen LogP contribution in [-0.4, -0.2) is 9.97 Å². The molecule has 0 spiro atoms. The van der Waals surface area contributed by atoms with E-state index in [-0.39, 0.29) is 0 Å². The highest BCUT2D eigenvalue weighted by atomic mass is 14.9. The van der Waals surface area contributed by atoms with Crippen molar-refractivity contribution in [3.8, 4) is 11.1 Å². The molecule has 2 heteroatoms. The normalized spacial score (nSPS) is 18.9. The van der Waals surface area contributed by atoms with Crippen molar-refractivity contribution in [2.75, 3.05) is 0 Å². The van der Waals surface area contributed by atoms with Gasteiger partial charge in [0.25, 0.3) is 0 Å². The summed E-state index contributed by atoms with van der Waals surface area (Å²) in [6, 6.07) is 7.10. The summed E-state index contributed by atoms with van der Waals surface area (Å²) in [5.41, 5.74) is 5.33. The minimum absolute atomic E-state index is 0.751. The molecular formula is C29H44N2. The number of hydrogen-bond donors (Lipinski definition) is 0. The Morgan fingerprint density at radius 2 is 1.48 bits per heavy atom. The van der Waals surface area contributed by atoms with Crippen molar-refractivity contribution in [1.29, 1.82) is 0 Å². The van der Waals surface area contributed by atoms with E-state index in [0.717, 1.165) is 29.6 Å². The van der Waals surface area contributed by atoms with Gasteiger partial charge < -0.3 is 0 Å². The SMILES string of the molecule is CCCCCCCc1ncc(-c2ccc(C3CCC(CCCCC)CC3)cc2C)cn1. The van der Waals surface area contributed by atoms with Gasteiger partial charge in [0.15, 0.2) is 0 Å². The van der Waals surface area contributed by atoms with Crippen LogP contribution in [0.4, 0.5) is 0 Å². The van der Waals surface area contributed by atoms with Crippen molar-refractivity contribution in [1.82, 2.24) is 9.97 Å². The molecule has 1 aliphatic rings. The standard InChI is InChI=1S/C29H44N2/c1-4-6-8-9-11-13-29-30-21-27(22-31-29)28-19-18-26(20-23(28)3)25-16-14-24(15-17-25)12-10-7-5-2/h18-22,24-25H,4-17H2,1-3H3. The average Bonchev–Trinajstić information content (AvgIpc) is 2.80. The summed E-state index contributed by atoms with van der Waals surface area (Å²) in [5, 5.41) is 0. The van der Waals surface area contributed by atoms with Gasteiger partial charge in [-0.05, 0) is 67.6 Å². The highest BCUT2D eigenvalue weighted by molar-refractivity contribution is 5.66. The number of aromatic nitrogens is 2. The van der Waals surface area contributed by atoms with Crippen LogP contribution < -0.4 is 0 Å². The highest BCUT2D eigenvalue weighted by Crippen LogP contribution is 2.39. The van der Waals surface area contributed by atoms with Gasteiger partial charge in [-0.15, -0.1) is 0 Å². The summed E-state index contributed by atoms with van der Waals surface area (Å²) in [7, 11) is 0. The molecule has 1 aromatic carbocycles. The number of rotatable bonds is 12. The van der Waals surface area contributed by atoms with Crippen LogP contribution in [0.1, 0.15) is 120 Å². The molecular weight excluding hydrogens is 376 g/mol. The van der Waals surface area contributed by atoms with Crippen molar-refractivity contribution in [2.45, 2.75) is 117 Å². The van der Waals surface area contributed by atoms with Crippen molar-refractivity contribution in [3.63, 3.8) is 0 Å². The maximum absolute atomic E-state index is 4.65. The topological polar surface area (TPSA) is 25.8 Å². The fourth-order valence-electron chi connectivity index (χ4n) is 5.24. The van der Waals surface area contributed by atoms with Gasteiger partial charge in [-0.2, -0.15) is 0 Å². The molecule has 1 aromatic heterocycles. The second-order valence-electron chi connectivity index (χ2n) is 9.84. The van der Waals surface area contributed by atoms with Gasteiger partial charge in [0, 0.05) is 24.4 Å². The molecule has 0 N–H and O–H groups in total. The lowest BCUT2D eigenvalue weighted by atomic mass is 9.76. The van der Waals surface area contributed by atoms with Gasteiger partial charge in [0.2, 0.25) is 0 Å². The first-order chi connectivity index (χ1) is 15.2. The van der Waals surface area contributed by atoms with Gasteiger partial charge in [-0.3, -0.25) is 0 Å². The van der Waals surface area contributed by atoms with Crippen LogP contribution in [0.25, 0.3) is 11.1 Å². The first-order valence-corrected chi connectivity index (χ1v) is 13.1. The van der Waals surface area contributed by atoms with Gasteiger partial charge in [-0.25, -0.2) is 9.97 Å². The number of hydrogen-bond acceptors (Lipinski definition) is 2. The van der Waals surface area contributed by atoms with Gasteiger partial charge in [0.05, 0.1) is 0 Å². The van der Waals surface area contributed by atoms with E-state index in [2.05, 4.69) is 48.9 Å². The van der Waals surface area contributed by atoms with Crippen LogP contribution in [0, 0.1) is 12.8 Å². The predicted octanol–water partition coefficient (Wildman–Crippen LogP) is 8.82. The lowest BCUT2D eigenvalue weighted by molar-refractivity contribution is 0.303. The number of aryl methyl sites for hydroxylation is 2. The monoisotopic (exact) mass is 420 g/mol. The van der Waals surface area contributed by atoms with E-state index in [9.17, 15) is 0 Å². The second-order valence-corrected chi connectivity index (χ2v) is 9.84. The van der Waals surface area contributed by atoms with Crippen LogP contribution in [0.5, 0.6) is 0 Å². The number of benzene rings is 1. The molecule has 0 amide bonds. The first kappa shape index (κ1) is 24.0. The maximum atomic E-state index is 4.65. The third-order valence-corrected chi connectivity index (χ3v) is 7.30. The Labute approximate surface area is 191 Å². The smallest absolute Gasteiger partial charge is 0.128 e. The molecule has 0 bridgehead atoms. The van der Waals surface area contributed by atoms with Gasteiger partial charge >= 0.3 is 0 Å². The predicted molar refractivity (Wildman–Crippen MR) is 134 cm³/mol. The Bertz CT molecular complexity index is 757. The number of nitrogens with zero attached hydrogens (tertiary/aromatic N) is 2. The summed E-state index contributed by atoms with van der Waals surface area (Å²) >= 11 is 0. The number of unbranched alkanes of at least 4 members (excludes halogenated alkanes) is 6. The molecule has 1 saturated carbocycles. The van der Waals surface area contributed by atoms with Crippen LogP contribution in [0.15, 0.2) is 30.6 Å². The maximum Gasteiger partial charge on any atom is 0.128 e. The van der Waals surface area contributed by atoms with Crippen molar-refractivity contribution in [3.05, 3.63) is 47.5 Å². The Morgan fingerprint density at radius 3 is 2.16 bits per heavy atom. The minimum atomic E-state index is 0.751. The summed E-state index contributed by atoms with van der Waals surface area (Å²) in [6.07, 6.45) is 22.7. The molecule has 0 aliphatic heterocycles. The van der Waals surface area contributed by atoms with Crippen molar-refractivity contribution in [2.24, 2.45) is 5.92 Å². The quantitative estimate of drug-likeness (QED) is 0.320. The molecule has 0 atom stereocenters. The molecule has 1 heterocycles. The molecule has 1 fully saturated rings. The van der Waals surface area contributed by atoms with E-state index in [4.69, 9.17) is 0 Å². The van der Waals surface area contributed by atoms with E-state index in [1.54, 1.807) is 0 Å². The van der Waals surface area contributed by atoms with E-state index < -0.39 is 0 Å². The molecule has 2 aromatic rings. The van der Waals surface area contributed by atoms with E-state index >= 15 is 0 Å². The van der Waals surface area contributed by atoms with E-state index in [0.29, 0.717) is 0 Å². The Balaban J connectivity index is 1.52. The molecule has 2 nitrogen and oxygen atoms in total. The average molecular weight is 421 g/mol. The van der Waals surface area contributed by atoms with Gasteiger partial charge in [0.1, 0.15) is 5.82 Å². The zero-order valence-corrected chi connectivity index (χ0v) is 20.3. The lowest BCUT2D eigenvalue weighted by Gasteiger charge is -2.29. The van der Waals surface area contributed by atoms with Crippen LogP contribution in [-0.2, 0) is 6.42 Å². The Morgan fingerprint density at radius 1 is 0.806 bits per heavy atom. The van der Waals surface area contributed by atoms with E-state index in [1.165, 1.54) is 100 Å². The molecule has 1 aliphatic carbocycles. The zero-order valence-electron chi connectivity index (χ0n) is 20.3. The first-order valence-electron chi connectivity index (χ1n) is 13.1. The molecule has 170 valence electrons. The van der Waals surface area contributed by atoms with E-state index in [1.807, 2.05) is 12.4 Å². The fourth-order valence-corrected chi connectivity index (χ4v) is 5.24. The van der Waals surface area contributed by atoms with Crippen LogP contribution in [0.2, 0.25) is 0 Å². The van der Waals surface area contributed by atoms with Crippen molar-refractivity contribution < 1.29 is 0 Å². The third kappa shape index (κ3) is 7.44. The van der Waals surface area contributed by atoms with Gasteiger partial charge in [-0.1, -0.05) is 83.4 Å². The Hall–Kier alpha value is -1.70. The zero-order chi connectivity index (χ0) is 21.9. The molecule has 31 heavy (non-hydrogen) atoms. The second kappa shape index (κ2) is 13.0. The Kier molecular flexibility index (Phi) is 10.0. The third-order valence-electron chi connectivity index (χ3n) is 7.30. The summed E-state index contributed by atoms with van der Waals surface area (Å²) in [6.45, 7) is 6.81. The minimum Gasteiger partial charge on any atom is -0.241 e. The van der Waals surface area contributed by atoms with Crippen molar-refractivity contribution >= 4 is 0 Å². The molecule has 0 saturated heterocycles. The molecule has 0 unspecified atom stereocenters. The summed E-state index contributed by atoms with van der Waals surface area (Å²) in [5.74, 6) is 2.72. The lowest BCUT2D eigenvalue weighted by Crippen LogP contribution is -2.13. The van der Waals surface area contributed by atoms with Crippen LogP contribution >= 0.6 is 0 Å². The fraction of sp³-hybridized carbons (Fsp3) is 0.655. The largest absolute Gasteiger partial charge is 0.241 e. The molecule has 3 rings (SSSR count).